The van der Waals surface area contributed by atoms with E-state index in [1.165, 1.54) is 16.3 Å². The minimum absolute atomic E-state index is 0.0176. The van der Waals surface area contributed by atoms with Gasteiger partial charge in [-0.05, 0) is 68.9 Å². The van der Waals surface area contributed by atoms with Crippen molar-refractivity contribution in [1.82, 2.24) is 30.3 Å². The second kappa shape index (κ2) is 14.0. The quantitative estimate of drug-likeness (QED) is 0.229. The highest BCUT2D eigenvalue weighted by atomic mass is 32.1. The third kappa shape index (κ3) is 6.87. The van der Waals surface area contributed by atoms with Crippen LogP contribution in [0.1, 0.15) is 76.3 Å². The van der Waals surface area contributed by atoms with Gasteiger partial charge < -0.3 is 24.5 Å². The molecule has 7 rings (SSSR count). The number of benzene rings is 1. The van der Waals surface area contributed by atoms with Gasteiger partial charge in [0, 0.05) is 78.0 Å². The number of amides is 2. The summed E-state index contributed by atoms with van der Waals surface area (Å²) in [5.74, 6) is -1.35. The van der Waals surface area contributed by atoms with Crippen molar-refractivity contribution in [3.63, 3.8) is 0 Å². The van der Waals surface area contributed by atoms with Crippen LogP contribution in [0.3, 0.4) is 0 Å². The van der Waals surface area contributed by atoms with Gasteiger partial charge in [-0.15, -0.1) is 11.3 Å². The molecule has 3 N–H and O–H groups in total. The number of carbonyl (C=O) groups excluding carboxylic acids is 3. The van der Waals surface area contributed by atoms with Crippen molar-refractivity contribution in [2.75, 3.05) is 20.3 Å². The SMILES string of the molecule is CCn1c(-c2cccnc2[C@H](C)OC)c2c3cc(ccc31)-c1csc(n1)C[C@H](NC(=O)[C@H]1C[C@@H]1C)C(=O)N1CCC[C@@](O)(N1)C(=O)OCC(C)(C)C2. The molecule has 12 nitrogen and oxygen atoms in total. The molecule has 6 bridgehead atoms. The number of ether oxygens (including phenoxy) is 2. The number of carbonyl (C=O) groups is 3. The number of aromatic nitrogens is 3. The molecule has 2 aliphatic heterocycles. The number of hydrogen-bond donors (Lipinski definition) is 3. The van der Waals surface area contributed by atoms with Crippen LogP contribution >= 0.6 is 11.3 Å². The number of cyclic esters (lactones) is 1. The summed E-state index contributed by atoms with van der Waals surface area (Å²) in [5, 5.41) is 19.5. The van der Waals surface area contributed by atoms with Crippen LogP contribution in [0, 0.1) is 17.3 Å². The van der Waals surface area contributed by atoms with E-state index in [-0.39, 0.29) is 49.8 Å². The first-order valence-corrected chi connectivity index (χ1v) is 19.1. The summed E-state index contributed by atoms with van der Waals surface area (Å²) < 4.78 is 14.0. The second-order valence-corrected chi connectivity index (χ2v) is 16.3. The van der Waals surface area contributed by atoms with E-state index >= 15 is 0 Å². The van der Waals surface area contributed by atoms with E-state index in [9.17, 15) is 19.5 Å². The van der Waals surface area contributed by atoms with E-state index in [1.54, 1.807) is 13.3 Å². The first-order valence-electron chi connectivity index (χ1n) is 18.2. The first kappa shape index (κ1) is 36.2. The standard InChI is InChI=1S/C39H48N6O6S/c1-7-44-31-12-11-24-17-27(31)28(34(44)25-10-8-14-40-33(25)23(3)50-6)19-38(4,5)21-51-37(48)39(49)13-9-15-45(43-39)36(47)29(18-32-41-30(24)20-52-32)42-35(46)26-16-22(26)2/h8,10-12,14,17,20,22-23,26,29,43,49H,7,9,13,15-16,18-19,21H2,1-6H3,(H,42,46)/t22-,23-,26-,29-,39-/m0/s1. The van der Waals surface area contributed by atoms with Crippen LogP contribution in [-0.2, 0) is 43.2 Å². The van der Waals surface area contributed by atoms with Crippen LogP contribution in [-0.4, -0.2) is 74.5 Å². The maximum atomic E-state index is 14.0. The van der Waals surface area contributed by atoms with Crippen LogP contribution in [0.5, 0.6) is 0 Å². The Bertz CT molecular complexity index is 2020. The molecule has 1 saturated heterocycles. The number of aryl methyl sites for hydroxylation is 1. The van der Waals surface area contributed by atoms with Crippen LogP contribution in [0.2, 0.25) is 0 Å². The molecular formula is C39H48N6O6S. The van der Waals surface area contributed by atoms with Gasteiger partial charge in [0.1, 0.15) is 6.04 Å². The summed E-state index contributed by atoms with van der Waals surface area (Å²) in [4.78, 5) is 50.6. The third-order valence-electron chi connectivity index (χ3n) is 10.7. The fourth-order valence-electron chi connectivity index (χ4n) is 7.57. The Morgan fingerprint density at radius 2 is 2.06 bits per heavy atom. The van der Waals surface area contributed by atoms with Crippen LogP contribution in [0.4, 0.5) is 0 Å². The largest absolute Gasteiger partial charge is 0.462 e. The summed E-state index contributed by atoms with van der Waals surface area (Å²) in [6.45, 7) is 11.2. The summed E-state index contributed by atoms with van der Waals surface area (Å²) in [6.07, 6.45) is 3.45. The molecule has 276 valence electrons. The smallest absolute Gasteiger partial charge is 0.355 e. The highest BCUT2D eigenvalue weighted by molar-refractivity contribution is 7.10. The minimum Gasteiger partial charge on any atom is -0.462 e. The van der Waals surface area contributed by atoms with Crippen LogP contribution in [0.15, 0.2) is 41.9 Å². The van der Waals surface area contributed by atoms with Crippen molar-refractivity contribution in [3.05, 3.63) is 58.2 Å². The monoisotopic (exact) mass is 728 g/mol. The predicted molar refractivity (Wildman–Crippen MR) is 198 cm³/mol. The maximum Gasteiger partial charge on any atom is 0.355 e. The normalized spacial score (nSPS) is 25.4. The average Bonchev–Trinajstić information content (AvgIpc) is 3.56. The lowest BCUT2D eigenvalue weighted by Crippen LogP contribution is -2.67. The number of esters is 1. The van der Waals surface area contributed by atoms with Crippen LogP contribution < -0.4 is 10.7 Å². The molecular weight excluding hydrogens is 681 g/mol. The van der Waals surface area contributed by atoms with E-state index in [0.717, 1.165) is 51.1 Å². The molecule has 5 heterocycles. The molecule has 1 aliphatic carbocycles. The van der Waals surface area contributed by atoms with E-state index in [0.29, 0.717) is 24.4 Å². The van der Waals surface area contributed by atoms with E-state index in [4.69, 9.17) is 19.4 Å². The van der Waals surface area contributed by atoms with E-state index in [2.05, 4.69) is 46.5 Å². The molecule has 1 aromatic carbocycles. The lowest BCUT2D eigenvalue weighted by Gasteiger charge is -2.40. The van der Waals surface area contributed by atoms with E-state index < -0.39 is 29.1 Å². The molecule has 0 unspecified atom stereocenters. The number of pyridine rings is 1. The number of aliphatic hydroxyl groups is 1. The number of hydrazine groups is 1. The molecule has 0 radical (unpaired) electrons. The second-order valence-electron chi connectivity index (χ2n) is 15.3. The van der Waals surface area contributed by atoms with Gasteiger partial charge in [0.2, 0.25) is 11.6 Å². The Labute approximate surface area is 307 Å². The molecule has 3 aliphatic rings. The topological polar surface area (TPSA) is 148 Å². The fourth-order valence-corrected chi connectivity index (χ4v) is 8.42. The van der Waals surface area contributed by atoms with Gasteiger partial charge >= 0.3 is 5.97 Å². The zero-order valence-corrected chi connectivity index (χ0v) is 31.5. The summed E-state index contributed by atoms with van der Waals surface area (Å²) >= 11 is 1.44. The maximum absolute atomic E-state index is 14.0. The molecule has 2 fully saturated rings. The molecule has 5 atom stereocenters. The number of fused-ring (bicyclic) bond motifs is 6. The van der Waals surface area contributed by atoms with Crippen molar-refractivity contribution in [2.24, 2.45) is 17.3 Å². The van der Waals surface area contributed by atoms with Crippen molar-refractivity contribution in [1.29, 1.82) is 0 Å². The average molecular weight is 729 g/mol. The van der Waals surface area contributed by atoms with Crippen LogP contribution in [0.25, 0.3) is 33.4 Å². The zero-order valence-electron chi connectivity index (χ0n) is 30.7. The zero-order chi connectivity index (χ0) is 36.9. The van der Waals surface area contributed by atoms with Crippen molar-refractivity contribution < 1.29 is 29.0 Å². The lowest BCUT2D eigenvalue weighted by molar-refractivity contribution is -0.189. The first-order chi connectivity index (χ1) is 24.8. The van der Waals surface area contributed by atoms with Crippen molar-refractivity contribution in [2.45, 2.75) is 91.1 Å². The number of nitrogens with zero attached hydrogens (tertiary/aromatic N) is 4. The predicted octanol–water partition coefficient (Wildman–Crippen LogP) is 5.18. The van der Waals surface area contributed by atoms with Gasteiger partial charge in [-0.3, -0.25) is 19.6 Å². The Morgan fingerprint density at radius 1 is 1.27 bits per heavy atom. The number of nitrogens with one attached hydrogen (secondary N) is 2. The van der Waals surface area contributed by atoms with E-state index in [1.807, 2.05) is 39.1 Å². The summed E-state index contributed by atoms with van der Waals surface area (Å²) in [6, 6.07) is 9.45. The Kier molecular flexibility index (Phi) is 9.74. The summed E-state index contributed by atoms with van der Waals surface area (Å²) in [7, 11) is 1.68. The molecule has 4 aromatic rings. The van der Waals surface area contributed by atoms with Gasteiger partial charge in [-0.2, -0.15) is 5.43 Å². The summed E-state index contributed by atoms with van der Waals surface area (Å²) in [5.41, 5.74) is 6.77. The molecule has 1 saturated carbocycles. The highest BCUT2D eigenvalue weighted by Crippen LogP contribution is 2.42. The third-order valence-corrected chi connectivity index (χ3v) is 11.6. The Morgan fingerprint density at radius 3 is 2.79 bits per heavy atom. The van der Waals surface area contributed by atoms with Crippen molar-refractivity contribution in [3.8, 4) is 22.5 Å². The van der Waals surface area contributed by atoms with Gasteiger partial charge in [-0.25, -0.2) is 9.78 Å². The number of hydrogen-bond acceptors (Lipinski definition) is 10. The number of rotatable bonds is 6. The number of thiazole rings is 1. The highest BCUT2D eigenvalue weighted by Gasteiger charge is 2.46. The van der Waals surface area contributed by atoms with Gasteiger partial charge in [-0.1, -0.05) is 26.8 Å². The van der Waals surface area contributed by atoms with Crippen molar-refractivity contribution >= 4 is 40.0 Å². The fraction of sp³-hybridized carbons (Fsp3) is 0.513. The molecule has 2 amide bonds. The molecule has 3 aromatic heterocycles. The Hall–Kier alpha value is -4.17. The van der Waals surface area contributed by atoms with Gasteiger partial charge in [0.05, 0.1) is 34.8 Å². The molecule has 52 heavy (non-hydrogen) atoms. The lowest BCUT2D eigenvalue weighted by atomic mass is 9.84. The number of methoxy groups -OCH3 is 1. The molecule has 13 heteroatoms. The Balaban J connectivity index is 1.37. The van der Waals surface area contributed by atoms with Gasteiger partial charge in [0.15, 0.2) is 0 Å². The minimum atomic E-state index is -2.11. The molecule has 0 spiro atoms. The van der Waals surface area contributed by atoms with Gasteiger partial charge in [0.25, 0.3) is 5.91 Å².